The van der Waals surface area contributed by atoms with Gasteiger partial charge in [0.1, 0.15) is 0 Å². The molecule has 2 heterocycles. The fourth-order valence-corrected chi connectivity index (χ4v) is 4.49. The molecule has 1 aromatic carbocycles. The van der Waals surface area contributed by atoms with Gasteiger partial charge in [0.15, 0.2) is 5.96 Å². The maximum atomic E-state index is 5.66. The predicted molar refractivity (Wildman–Crippen MR) is 134 cm³/mol. The molecule has 2 aliphatic heterocycles. The van der Waals surface area contributed by atoms with Crippen molar-refractivity contribution < 1.29 is 9.47 Å². The number of ether oxygens (including phenoxy) is 2. The third-order valence-electron chi connectivity index (χ3n) is 6.42. The summed E-state index contributed by atoms with van der Waals surface area (Å²) in [6, 6.07) is 11.3. The van der Waals surface area contributed by atoms with Crippen molar-refractivity contribution in [3.63, 3.8) is 0 Å². The smallest absolute Gasteiger partial charge is 0.191 e. The molecule has 1 aromatic rings. The quantitative estimate of drug-likeness (QED) is 0.323. The summed E-state index contributed by atoms with van der Waals surface area (Å²) in [6.07, 6.45) is 2.06. The van der Waals surface area contributed by atoms with Gasteiger partial charge in [-0.3, -0.25) is 9.89 Å². The van der Waals surface area contributed by atoms with Crippen molar-refractivity contribution in [1.29, 1.82) is 0 Å². The number of nitrogens with one attached hydrogen (secondary N) is 2. The molecule has 170 valence electrons. The van der Waals surface area contributed by atoms with Crippen LogP contribution < -0.4 is 10.6 Å². The SMILES string of the molecule is CN=C(NCC(C(C)C)N1CCOCC1)NCC1(c2ccccc2)CCOCC1.I. The second-order valence-corrected chi connectivity index (χ2v) is 8.53. The van der Waals surface area contributed by atoms with Crippen LogP contribution in [0.1, 0.15) is 32.3 Å². The van der Waals surface area contributed by atoms with Crippen LogP contribution in [-0.4, -0.2) is 76.6 Å². The first-order valence-corrected chi connectivity index (χ1v) is 11.0. The van der Waals surface area contributed by atoms with E-state index in [0.717, 1.165) is 71.4 Å². The highest BCUT2D eigenvalue weighted by atomic mass is 127. The van der Waals surface area contributed by atoms with Crippen molar-refractivity contribution in [3.05, 3.63) is 35.9 Å². The zero-order valence-electron chi connectivity index (χ0n) is 18.7. The highest BCUT2D eigenvalue weighted by Gasteiger charge is 2.34. The van der Waals surface area contributed by atoms with Crippen molar-refractivity contribution in [2.75, 3.05) is 59.7 Å². The monoisotopic (exact) mass is 530 g/mol. The van der Waals surface area contributed by atoms with E-state index in [1.807, 2.05) is 7.05 Å². The number of nitrogens with zero attached hydrogens (tertiary/aromatic N) is 2. The van der Waals surface area contributed by atoms with Crippen LogP contribution in [0.15, 0.2) is 35.3 Å². The summed E-state index contributed by atoms with van der Waals surface area (Å²) in [5.41, 5.74) is 1.48. The third-order valence-corrected chi connectivity index (χ3v) is 6.42. The van der Waals surface area contributed by atoms with Crippen LogP contribution in [-0.2, 0) is 14.9 Å². The molecule has 0 radical (unpaired) electrons. The van der Waals surface area contributed by atoms with Crippen LogP contribution in [0.4, 0.5) is 0 Å². The minimum atomic E-state index is 0. The molecule has 0 amide bonds. The standard InChI is InChI=1S/C23H38N4O2.HI/c1-19(2)21(27-11-15-29-16-12-27)17-25-22(24-3)26-18-23(9-13-28-14-10-23)20-7-5-4-6-8-20;/h4-8,19,21H,9-18H2,1-3H3,(H2,24,25,26);1H. The summed E-state index contributed by atoms with van der Waals surface area (Å²) in [4.78, 5) is 7.03. The van der Waals surface area contributed by atoms with E-state index in [1.165, 1.54) is 5.56 Å². The van der Waals surface area contributed by atoms with Gasteiger partial charge in [0.05, 0.1) is 13.2 Å². The minimum absolute atomic E-state index is 0. The molecule has 2 aliphatic rings. The molecule has 0 aliphatic carbocycles. The van der Waals surface area contributed by atoms with E-state index in [1.54, 1.807) is 0 Å². The lowest BCUT2D eigenvalue weighted by Gasteiger charge is -2.39. The van der Waals surface area contributed by atoms with Crippen molar-refractivity contribution in [2.45, 2.75) is 38.1 Å². The fourth-order valence-electron chi connectivity index (χ4n) is 4.49. The summed E-state index contributed by atoms with van der Waals surface area (Å²) in [7, 11) is 1.85. The first kappa shape index (κ1) is 25.4. The summed E-state index contributed by atoms with van der Waals surface area (Å²) >= 11 is 0. The third kappa shape index (κ3) is 6.80. The molecule has 30 heavy (non-hydrogen) atoms. The van der Waals surface area contributed by atoms with Gasteiger partial charge in [-0.2, -0.15) is 0 Å². The van der Waals surface area contributed by atoms with Gasteiger partial charge >= 0.3 is 0 Å². The van der Waals surface area contributed by atoms with E-state index >= 15 is 0 Å². The van der Waals surface area contributed by atoms with Crippen molar-refractivity contribution in [3.8, 4) is 0 Å². The Morgan fingerprint density at radius 3 is 2.27 bits per heavy atom. The van der Waals surface area contributed by atoms with E-state index < -0.39 is 0 Å². The largest absolute Gasteiger partial charge is 0.381 e. The Morgan fingerprint density at radius 2 is 1.67 bits per heavy atom. The Kier molecular flexibility index (Phi) is 10.8. The number of rotatable bonds is 7. The summed E-state index contributed by atoms with van der Waals surface area (Å²) in [5.74, 6) is 1.45. The van der Waals surface area contributed by atoms with Gasteiger partial charge < -0.3 is 20.1 Å². The highest BCUT2D eigenvalue weighted by Crippen LogP contribution is 2.34. The Balaban J connectivity index is 0.00000320. The zero-order chi connectivity index (χ0) is 20.5. The molecular weight excluding hydrogens is 491 g/mol. The second kappa shape index (κ2) is 12.8. The number of guanidine groups is 1. The van der Waals surface area contributed by atoms with Crippen LogP contribution in [0.5, 0.6) is 0 Å². The van der Waals surface area contributed by atoms with Gasteiger partial charge in [-0.05, 0) is 24.3 Å². The maximum absolute atomic E-state index is 5.66. The Labute approximate surface area is 199 Å². The molecule has 2 saturated heterocycles. The lowest BCUT2D eigenvalue weighted by Crippen LogP contribution is -2.54. The van der Waals surface area contributed by atoms with E-state index in [4.69, 9.17) is 9.47 Å². The summed E-state index contributed by atoms with van der Waals surface area (Å²) in [5, 5.41) is 7.20. The zero-order valence-corrected chi connectivity index (χ0v) is 21.1. The number of morpholine rings is 1. The van der Waals surface area contributed by atoms with Crippen LogP contribution >= 0.6 is 24.0 Å². The molecule has 0 saturated carbocycles. The normalized spacial score (nSPS) is 21.0. The molecule has 0 spiro atoms. The first-order chi connectivity index (χ1) is 14.1. The number of aliphatic imine (C=N–C) groups is 1. The summed E-state index contributed by atoms with van der Waals surface area (Å²) < 4.78 is 11.2. The van der Waals surface area contributed by atoms with Gasteiger partial charge in [-0.25, -0.2) is 0 Å². The predicted octanol–water partition coefficient (Wildman–Crippen LogP) is 2.87. The number of hydrogen-bond acceptors (Lipinski definition) is 4. The molecule has 1 atom stereocenters. The Morgan fingerprint density at radius 1 is 1.03 bits per heavy atom. The molecule has 3 rings (SSSR count). The van der Waals surface area contributed by atoms with Gasteiger partial charge in [0, 0.05) is 57.9 Å². The van der Waals surface area contributed by atoms with Crippen LogP contribution in [0, 0.1) is 5.92 Å². The van der Waals surface area contributed by atoms with E-state index in [2.05, 4.69) is 64.7 Å². The molecule has 0 bridgehead atoms. The Hall–Kier alpha value is -0.900. The lowest BCUT2D eigenvalue weighted by molar-refractivity contribution is 0.00750. The molecule has 7 heteroatoms. The first-order valence-electron chi connectivity index (χ1n) is 11.0. The molecular formula is C23H39IN4O2. The second-order valence-electron chi connectivity index (χ2n) is 8.53. The van der Waals surface area contributed by atoms with Crippen LogP contribution in [0.2, 0.25) is 0 Å². The van der Waals surface area contributed by atoms with Crippen molar-refractivity contribution in [1.82, 2.24) is 15.5 Å². The minimum Gasteiger partial charge on any atom is -0.381 e. The number of benzene rings is 1. The molecule has 2 fully saturated rings. The lowest BCUT2D eigenvalue weighted by atomic mass is 9.74. The van der Waals surface area contributed by atoms with E-state index in [-0.39, 0.29) is 29.4 Å². The van der Waals surface area contributed by atoms with Crippen molar-refractivity contribution in [2.24, 2.45) is 10.9 Å². The number of halogens is 1. The number of hydrogen-bond donors (Lipinski definition) is 2. The molecule has 1 unspecified atom stereocenters. The average Bonchev–Trinajstić information content (AvgIpc) is 2.78. The topological polar surface area (TPSA) is 58.1 Å². The fraction of sp³-hybridized carbons (Fsp3) is 0.696. The molecule has 2 N–H and O–H groups in total. The van der Waals surface area contributed by atoms with Gasteiger partial charge in [0.2, 0.25) is 0 Å². The van der Waals surface area contributed by atoms with Gasteiger partial charge in [-0.1, -0.05) is 44.2 Å². The molecule has 6 nitrogen and oxygen atoms in total. The maximum Gasteiger partial charge on any atom is 0.191 e. The molecule has 0 aromatic heterocycles. The summed E-state index contributed by atoms with van der Waals surface area (Å²) in [6.45, 7) is 11.7. The average molecular weight is 530 g/mol. The van der Waals surface area contributed by atoms with Gasteiger partial charge in [0.25, 0.3) is 0 Å². The van der Waals surface area contributed by atoms with Crippen molar-refractivity contribution >= 4 is 29.9 Å². The Bertz CT molecular complexity index is 629. The van der Waals surface area contributed by atoms with E-state index in [0.29, 0.717) is 12.0 Å². The van der Waals surface area contributed by atoms with Gasteiger partial charge in [-0.15, -0.1) is 24.0 Å². The van der Waals surface area contributed by atoms with E-state index in [9.17, 15) is 0 Å². The van der Waals surface area contributed by atoms with Crippen LogP contribution in [0.25, 0.3) is 0 Å². The highest BCUT2D eigenvalue weighted by molar-refractivity contribution is 14.0. The van der Waals surface area contributed by atoms with Crippen LogP contribution in [0.3, 0.4) is 0 Å².